The number of carboxylic acids is 1. The summed E-state index contributed by atoms with van der Waals surface area (Å²) in [5.41, 5.74) is 7.50. The molecule has 14 heteroatoms. The number of nitrogens with zero attached hydrogens (tertiary/aromatic N) is 4. The Kier molecular flexibility index (Phi) is 8.18. The molecule has 1 saturated heterocycles. The molecule has 1 aromatic carbocycles. The summed E-state index contributed by atoms with van der Waals surface area (Å²) in [6.45, 7) is 0. The number of hydrogen-bond acceptors (Lipinski definition) is 11. The smallest absolute Gasteiger partial charge is 0.353 e. The van der Waals surface area contributed by atoms with Gasteiger partial charge in [-0.2, -0.15) is 0 Å². The van der Waals surface area contributed by atoms with E-state index in [1.54, 1.807) is 17.6 Å². The number of nitrogens with two attached hydrogens (primary N) is 1. The summed E-state index contributed by atoms with van der Waals surface area (Å²) in [6, 6.07) is 12.3. The molecule has 2 amide bonds. The van der Waals surface area contributed by atoms with E-state index in [4.69, 9.17) is 10.6 Å². The van der Waals surface area contributed by atoms with Crippen molar-refractivity contribution in [2.24, 2.45) is 5.16 Å². The number of amides is 2. The number of fused-ring (bicyclic) bond motifs is 1. The summed E-state index contributed by atoms with van der Waals surface area (Å²) >= 11 is 3.83. The van der Waals surface area contributed by atoms with Gasteiger partial charge in [0.1, 0.15) is 28.9 Å². The number of carboxylic acid groups (broad SMARTS) is 1. The molecule has 2 aromatic heterocycles. The van der Waals surface area contributed by atoms with Crippen molar-refractivity contribution in [3.8, 4) is 11.3 Å². The first-order valence-electron chi connectivity index (χ1n) is 13.3. The van der Waals surface area contributed by atoms with Crippen LogP contribution in [0, 0.1) is 0 Å². The van der Waals surface area contributed by atoms with Crippen LogP contribution in [-0.4, -0.2) is 66.7 Å². The third-order valence-corrected chi connectivity index (χ3v) is 10.3. The standard InChI is InChI=1S/C28H26N6O5S3/c29-28-31-17(13-41-28)21(33-39-16-9-4-5-10-16)24(35)32-22-25(36)34-23(27(37)38)19(14-40-26(22)34)42-18-11-6-12-30-20(18)15-7-2-1-3-8-15/h1-3,6-8,11-13,16,22,26H,4-5,9-10,14H2,(H2,29,31)(H,32,35)(H,37,38)/b33-21-/t22-,26-/m1/s1. The number of aliphatic carboxylic acids is 1. The highest BCUT2D eigenvalue weighted by molar-refractivity contribution is 8.06. The van der Waals surface area contributed by atoms with Crippen LogP contribution in [0.1, 0.15) is 31.4 Å². The number of thiazole rings is 1. The molecule has 6 rings (SSSR count). The number of carbonyl (C=O) groups excluding carboxylic acids is 2. The Labute approximate surface area is 253 Å². The quantitative estimate of drug-likeness (QED) is 0.181. The monoisotopic (exact) mass is 622 g/mol. The van der Waals surface area contributed by atoms with Gasteiger partial charge in [-0.15, -0.1) is 23.1 Å². The van der Waals surface area contributed by atoms with E-state index in [0.717, 1.165) is 53.2 Å². The van der Waals surface area contributed by atoms with E-state index < -0.39 is 29.2 Å². The Hall–Kier alpha value is -3.88. The zero-order valence-electron chi connectivity index (χ0n) is 22.1. The summed E-state index contributed by atoms with van der Waals surface area (Å²) in [5, 5.41) is 18.3. The predicted octanol–water partition coefficient (Wildman–Crippen LogP) is 3.94. The summed E-state index contributed by atoms with van der Waals surface area (Å²) in [4.78, 5) is 56.0. The van der Waals surface area contributed by atoms with Gasteiger partial charge in [-0.3, -0.25) is 19.5 Å². The van der Waals surface area contributed by atoms with E-state index in [0.29, 0.717) is 10.7 Å². The molecule has 2 aliphatic heterocycles. The molecule has 4 N–H and O–H groups in total. The molecule has 3 aromatic rings. The van der Waals surface area contributed by atoms with E-state index in [-0.39, 0.29) is 28.3 Å². The predicted molar refractivity (Wildman–Crippen MR) is 162 cm³/mol. The van der Waals surface area contributed by atoms with Gasteiger partial charge in [-0.25, -0.2) is 9.78 Å². The van der Waals surface area contributed by atoms with Crippen molar-refractivity contribution in [3.05, 3.63) is 70.3 Å². The maximum absolute atomic E-state index is 13.4. The molecule has 2 atom stereocenters. The molecule has 2 fully saturated rings. The van der Waals surface area contributed by atoms with Gasteiger partial charge in [0.2, 0.25) is 0 Å². The van der Waals surface area contributed by atoms with Gasteiger partial charge >= 0.3 is 5.97 Å². The number of aromatic nitrogens is 2. The SMILES string of the molecule is Nc1nc(/C(=N/OC2CCCC2)C(=O)N[C@@H]2C(=O)N3C(C(=O)O)=C(Sc4cccnc4-c4ccccc4)CS[C@H]23)cs1. The minimum Gasteiger partial charge on any atom is -0.477 e. The highest BCUT2D eigenvalue weighted by Crippen LogP contribution is 2.46. The molecule has 3 aliphatic rings. The lowest BCUT2D eigenvalue weighted by molar-refractivity contribution is -0.150. The van der Waals surface area contributed by atoms with Crippen molar-refractivity contribution >= 4 is 63.5 Å². The van der Waals surface area contributed by atoms with E-state index in [1.165, 1.54) is 28.4 Å². The molecule has 0 bridgehead atoms. The van der Waals surface area contributed by atoms with Crippen LogP contribution in [0.15, 0.2) is 74.7 Å². The zero-order valence-corrected chi connectivity index (χ0v) is 24.6. The zero-order chi connectivity index (χ0) is 29.2. The minimum absolute atomic E-state index is 0.0721. The van der Waals surface area contributed by atoms with E-state index in [1.807, 2.05) is 36.4 Å². The first kappa shape index (κ1) is 28.2. The van der Waals surface area contributed by atoms with Crippen molar-refractivity contribution in [2.75, 3.05) is 11.5 Å². The number of pyridine rings is 1. The molecule has 42 heavy (non-hydrogen) atoms. The van der Waals surface area contributed by atoms with Crippen LogP contribution in [0.25, 0.3) is 11.3 Å². The molecule has 0 unspecified atom stereocenters. The number of carbonyl (C=O) groups is 3. The highest BCUT2D eigenvalue weighted by atomic mass is 32.2. The minimum atomic E-state index is -1.21. The number of anilines is 1. The van der Waals surface area contributed by atoms with E-state index in [2.05, 4.69) is 20.4 Å². The lowest BCUT2D eigenvalue weighted by Gasteiger charge is -2.49. The van der Waals surface area contributed by atoms with Gasteiger partial charge in [-0.05, 0) is 37.8 Å². The number of benzene rings is 1. The van der Waals surface area contributed by atoms with E-state index >= 15 is 0 Å². The molecule has 1 aliphatic carbocycles. The molecule has 0 spiro atoms. The maximum atomic E-state index is 13.4. The van der Waals surface area contributed by atoms with Gasteiger partial charge in [0.15, 0.2) is 10.8 Å². The molecule has 11 nitrogen and oxygen atoms in total. The number of nitrogen functional groups attached to an aromatic ring is 1. The first-order valence-corrected chi connectivity index (χ1v) is 16.0. The molecule has 0 radical (unpaired) electrons. The second-order valence-electron chi connectivity index (χ2n) is 9.78. The normalized spacial score (nSPS) is 20.7. The largest absolute Gasteiger partial charge is 0.477 e. The Balaban J connectivity index is 1.22. The second-order valence-corrected chi connectivity index (χ2v) is 12.9. The lowest BCUT2D eigenvalue weighted by Crippen LogP contribution is -2.71. The average Bonchev–Trinajstić information content (AvgIpc) is 3.68. The number of oxime groups is 1. The number of hydrogen-bond donors (Lipinski definition) is 3. The summed E-state index contributed by atoms with van der Waals surface area (Å²) in [7, 11) is 0. The summed E-state index contributed by atoms with van der Waals surface area (Å²) in [6.07, 6.45) is 5.37. The summed E-state index contributed by atoms with van der Waals surface area (Å²) < 4.78 is 0. The Morgan fingerprint density at radius 2 is 1.95 bits per heavy atom. The van der Waals surface area contributed by atoms with Crippen LogP contribution in [0.2, 0.25) is 0 Å². The fourth-order valence-electron chi connectivity index (χ4n) is 5.02. The number of nitrogens with one attached hydrogen (secondary N) is 1. The molecule has 1 saturated carbocycles. The van der Waals surface area contributed by atoms with Crippen LogP contribution in [0.4, 0.5) is 5.13 Å². The molecule has 4 heterocycles. The van der Waals surface area contributed by atoms with Crippen LogP contribution >= 0.6 is 34.9 Å². The Morgan fingerprint density at radius 1 is 1.17 bits per heavy atom. The third kappa shape index (κ3) is 5.61. The first-order chi connectivity index (χ1) is 20.4. The number of thioether (sulfide) groups is 2. The van der Waals surface area contributed by atoms with Gasteiger partial charge in [-0.1, -0.05) is 47.2 Å². The third-order valence-electron chi connectivity index (χ3n) is 7.05. The topological polar surface area (TPSA) is 160 Å². The molecular weight excluding hydrogens is 597 g/mol. The lowest BCUT2D eigenvalue weighted by atomic mass is 10.0. The van der Waals surface area contributed by atoms with Gasteiger partial charge in [0, 0.05) is 32.7 Å². The van der Waals surface area contributed by atoms with Crippen LogP contribution in [0.5, 0.6) is 0 Å². The van der Waals surface area contributed by atoms with Crippen molar-refractivity contribution in [3.63, 3.8) is 0 Å². The fourth-order valence-corrected chi connectivity index (χ4v) is 8.16. The number of β-lactam (4-membered cyclic amide) rings is 1. The highest BCUT2D eigenvalue weighted by Gasteiger charge is 2.54. The van der Waals surface area contributed by atoms with Gasteiger partial charge in [0.05, 0.1) is 5.69 Å². The van der Waals surface area contributed by atoms with Crippen LogP contribution in [-0.2, 0) is 19.2 Å². The van der Waals surface area contributed by atoms with Crippen LogP contribution < -0.4 is 11.1 Å². The Morgan fingerprint density at radius 3 is 2.67 bits per heavy atom. The van der Waals surface area contributed by atoms with Crippen molar-refractivity contribution < 1.29 is 24.3 Å². The van der Waals surface area contributed by atoms with Gasteiger partial charge in [0.25, 0.3) is 11.8 Å². The summed E-state index contributed by atoms with van der Waals surface area (Å²) in [5.74, 6) is -2.03. The maximum Gasteiger partial charge on any atom is 0.353 e. The molecular formula is C28H26N6O5S3. The second kappa shape index (κ2) is 12.2. The van der Waals surface area contributed by atoms with Crippen molar-refractivity contribution in [2.45, 2.75) is 48.1 Å². The number of rotatable bonds is 9. The van der Waals surface area contributed by atoms with Crippen molar-refractivity contribution in [1.29, 1.82) is 0 Å². The van der Waals surface area contributed by atoms with Gasteiger partial charge < -0.3 is 21.0 Å². The Bertz CT molecular complexity index is 1590. The van der Waals surface area contributed by atoms with Crippen molar-refractivity contribution in [1.82, 2.24) is 20.2 Å². The average molecular weight is 623 g/mol. The van der Waals surface area contributed by atoms with Crippen LogP contribution in [0.3, 0.4) is 0 Å². The molecule has 216 valence electrons. The fraction of sp³-hybridized carbons (Fsp3) is 0.286. The van der Waals surface area contributed by atoms with E-state index in [9.17, 15) is 19.5 Å².